The molecule has 2 aliphatic heterocycles. The Bertz CT molecular complexity index is 514. The quantitative estimate of drug-likeness (QED) is 0.848. The largest absolute Gasteiger partial charge is 0.448 e. The molecule has 0 radical (unpaired) electrons. The molecule has 2 aliphatic rings. The van der Waals surface area contributed by atoms with Crippen LogP contribution < -0.4 is 0 Å². The van der Waals surface area contributed by atoms with Crippen molar-refractivity contribution in [2.24, 2.45) is 0 Å². The first-order chi connectivity index (χ1) is 10.6. The number of oxazole rings is 1. The number of hydrogen-bond donors (Lipinski definition) is 0. The molecule has 122 valence electrons. The van der Waals surface area contributed by atoms with E-state index in [0.717, 1.165) is 52.2 Å². The number of amides is 1. The highest BCUT2D eigenvalue weighted by atomic mass is 16.5. The van der Waals surface area contributed by atoms with E-state index in [-0.39, 0.29) is 11.4 Å². The third-order valence-corrected chi connectivity index (χ3v) is 4.98. The minimum absolute atomic E-state index is 0.00697. The summed E-state index contributed by atoms with van der Waals surface area (Å²) in [6.45, 7) is 9.46. The van der Waals surface area contributed by atoms with E-state index in [0.29, 0.717) is 18.0 Å². The summed E-state index contributed by atoms with van der Waals surface area (Å²) in [6.07, 6.45) is 4.19. The number of hydrogen-bond acceptors (Lipinski definition) is 5. The van der Waals surface area contributed by atoms with Gasteiger partial charge in [-0.15, -0.1) is 0 Å². The van der Waals surface area contributed by atoms with Crippen LogP contribution in [0.5, 0.6) is 0 Å². The lowest BCUT2D eigenvalue weighted by Crippen LogP contribution is -2.57. The standard InChI is InChI=1S/C16H25N3O3/c1-3-14-17-13(12-22-14)15(20)18-6-4-16(2,5-7-18)19-8-10-21-11-9-19/h12H,3-11H2,1-2H3. The lowest BCUT2D eigenvalue weighted by molar-refractivity contribution is -0.0372. The van der Waals surface area contributed by atoms with Crippen LogP contribution in [0, 0.1) is 0 Å². The Morgan fingerprint density at radius 3 is 2.55 bits per heavy atom. The van der Waals surface area contributed by atoms with E-state index in [4.69, 9.17) is 9.15 Å². The van der Waals surface area contributed by atoms with Gasteiger partial charge in [0.1, 0.15) is 6.26 Å². The lowest BCUT2D eigenvalue weighted by atomic mass is 9.87. The average molecular weight is 307 g/mol. The molecule has 0 atom stereocenters. The van der Waals surface area contributed by atoms with Crippen molar-refractivity contribution in [2.45, 2.75) is 38.6 Å². The number of aryl methyl sites for hydroxylation is 1. The first-order valence-corrected chi connectivity index (χ1v) is 8.19. The Kier molecular flexibility index (Phi) is 4.49. The SMILES string of the molecule is CCc1nc(C(=O)N2CCC(C)(N3CCOCC3)CC2)co1. The summed E-state index contributed by atoms with van der Waals surface area (Å²) < 4.78 is 10.7. The highest BCUT2D eigenvalue weighted by Gasteiger charge is 2.37. The van der Waals surface area contributed by atoms with Crippen LogP contribution in [0.1, 0.15) is 43.1 Å². The zero-order chi connectivity index (χ0) is 15.6. The van der Waals surface area contributed by atoms with Crippen LogP contribution in [0.4, 0.5) is 0 Å². The molecule has 0 spiro atoms. The summed E-state index contributed by atoms with van der Waals surface area (Å²) in [4.78, 5) is 21.2. The molecule has 0 N–H and O–H groups in total. The summed E-state index contributed by atoms with van der Waals surface area (Å²) in [5.74, 6) is 0.617. The third-order valence-electron chi connectivity index (χ3n) is 4.98. The van der Waals surface area contributed by atoms with Gasteiger partial charge in [-0.1, -0.05) is 6.92 Å². The van der Waals surface area contributed by atoms with Crippen molar-refractivity contribution < 1.29 is 13.9 Å². The van der Waals surface area contributed by atoms with E-state index in [9.17, 15) is 4.79 Å². The maximum absolute atomic E-state index is 12.5. The molecule has 2 saturated heterocycles. The molecule has 6 heteroatoms. The molecule has 2 fully saturated rings. The molecule has 3 heterocycles. The number of morpholine rings is 1. The van der Waals surface area contributed by atoms with Gasteiger partial charge >= 0.3 is 0 Å². The molecule has 1 aromatic heterocycles. The fourth-order valence-electron chi connectivity index (χ4n) is 3.34. The number of carbonyl (C=O) groups is 1. The first-order valence-electron chi connectivity index (χ1n) is 8.19. The van der Waals surface area contributed by atoms with Crippen LogP contribution in [0.2, 0.25) is 0 Å². The third kappa shape index (κ3) is 3.03. The molecule has 22 heavy (non-hydrogen) atoms. The number of aromatic nitrogens is 1. The van der Waals surface area contributed by atoms with Crippen molar-refractivity contribution in [3.63, 3.8) is 0 Å². The predicted molar refractivity (Wildman–Crippen MR) is 81.8 cm³/mol. The Labute approximate surface area is 131 Å². The summed E-state index contributed by atoms with van der Waals surface area (Å²) in [5.41, 5.74) is 0.616. The van der Waals surface area contributed by atoms with Gasteiger partial charge in [-0.2, -0.15) is 0 Å². The lowest BCUT2D eigenvalue weighted by Gasteiger charge is -2.48. The summed E-state index contributed by atoms with van der Waals surface area (Å²) >= 11 is 0. The molecular formula is C16H25N3O3. The predicted octanol–water partition coefficient (Wildman–Crippen LogP) is 1.56. The van der Waals surface area contributed by atoms with Crippen molar-refractivity contribution in [2.75, 3.05) is 39.4 Å². The number of rotatable bonds is 3. The van der Waals surface area contributed by atoms with E-state index in [1.807, 2.05) is 11.8 Å². The number of likely N-dealkylation sites (tertiary alicyclic amines) is 1. The van der Waals surface area contributed by atoms with Gasteiger partial charge in [-0.3, -0.25) is 9.69 Å². The molecule has 6 nitrogen and oxygen atoms in total. The van der Waals surface area contributed by atoms with Gasteiger partial charge in [0.15, 0.2) is 11.6 Å². The minimum Gasteiger partial charge on any atom is -0.448 e. The minimum atomic E-state index is -0.00697. The smallest absolute Gasteiger partial charge is 0.275 e. The maximum Gasteiger partial charge on any atom is 0.275 e. The van der Waals surface area contributed by atoms with Crippen molar-refractivity contribution in [3.8, 4) is 0 Å². The molecule has 1 amide bonds. The molecule has 1 aromatic rings. The van der Waals surface area contributed by atoms with Crippen LogP contribution in [0.15, 0.2) is 10.7 Å². The van der Waals surface area contributed by atoms with Gasteiger partial charge in [-0.05, 0) is 19.8 Å². The van der Waals surface area contributed by atoms with Crippen molar-refractivity contribution in [3.05, 3.63) is 17.8 Å². The molecule has 0 saturated carbocycles. The van der Waals surface area contributed by atoms with Crippen LogP contribution in [0.25, 0.3) is 0 Å². The molecule has 3 rings (SSSR count). The van der Waals surface area contributed by atoms with E-state index in [2.05, 4.69) is 16.8 Å². The second-order valence-electron chi connectivity index (χ2n) is 6.37. The van der Waals surface area contributed by atoms with Gasteiger partial charge in [0.2, 0.25) is 0 Å². The van der Waals surface area contributed by atoms with Crippen LogP contribution in [0.3, 0.4) is 0 Å². The number of ether oxygens (including phenoxy) is 1. The van der Waals surface area contributed by atoms with Crippen LogP contribution >= 0.6 is 0 Å². The normalized spacial score (nSPS) is 22.7. The van der Waals surface area contributed by atoms with E-state index >= 15 is 0 Å². The number of carbonyl (C=O) groups excluding carboxylic acids is 1. The van der Waals surface area contributed by atoms with Crippen molar-refractivity contribution >= 4 is 5.91 Å². The van der Waals surface area contributed by atoms with Gasteiger partial charge in [-0.25, -0.2) is 4.98 Å². The molecular weight excluding hydrogens is 282 g/mol. The molecule has 0 aromatic carbocycles. The van der Waals surface area contributed by atoms with Crippen LogP contribution in [-0.4, -0.2) is 65.6 Å². The van der Waals surface area contributed by atoms with Gasteiger partial charge < -0.3 is 14.1 Å². The topological polar surface area (TPSA) is 58.8 Å². The van der Waals surface area contributed by atoms with Gasteiger partial charge in [0.05, 0.1) is 13.2 Å². The summed E-state index contributed by atoms with van der Waals surface area (Å²) in [7, 11) is 0. The second-order valence-corrected chi connectivity index (χ2v) is 6.37. The van der Waals surface area contributed by atoms with Gasteiger partial charge in [0.25, 0.3) is 5.91 Å². The fraction of sp³-hybridized carbons (Fsp3) is 0.750. The Morgan fingerprint density at radius 1 is 1.27 bits per heavy atom. The second kappa shape index (κ2) is 6.38. The molecule has 0 unspecified atom stereocenters. The zero-order valence-corrected chi connectivity index (χ0v) is 13.5. The Morgan fingerprint density at radius 2 is 1.95 bits per heavy atom. The van der Waals surface area contributed by atoms with E-state index < -0.39 is 0 Å². The molecule has 0 aliphatic carbocycles. The molecule has 0 bridgehead atoms. The maximum atomic E-state index is 12.5. The number of nitrogens with zero attached hydrogens (tertiary/aromatic N) is 3. The van der Waals surface area contributed by atoms with Crippen LogP contribution in [-0.2, 0) is 11.2 Å². The highest BCUT2D eigenvalue weighted by Crippen LogP contribution is 2.29. The summed E-state index contributed by atoms with van der Waals surface area (Å²) in [5, 5.41) is 0. The first kappa shape index (κ1) is 15.5. The highest BCUT2D eigenvalue weighted by molar-refractivity contribution is 5.92. The fourth-order valence-corrected chi connectivity index (χ4v) is 3.34. The Balaban J connectivity index is 1.59. The van der Waals surface area contributed by atoms with Crippen molar-refractivity contribution in [1.82, 2.24) is 14.8 Å². The van der Waals surface area contributed by atoms with E-state index in [1.54, 1.807) is 0 Å². The Hall–Kier alpha value is -1.40. The van der Waals surface area contributed by atoms with E-state index in [1.165, 1.54) is 6.26 Å². The zero-order valence-electron chi connectivity index (χ0n) is 13.5. The summed E-state index contributed by atoms with van der Waals surface area (Å²) in [6, 6.07) is 0. The van der Waals surface area contributed by atoms with Crippen molar-refractivity contribution in [1.29, 1.82) is 0 Å². The average Bonchev–Trinajstić information content (AvgIpc) is 3.05. The monoisotopic (exact) mass is 307 g/mol. The number of piperidine rings is 1. The van der Waals surface area contributed by atoms with Gasteiger partial charge in [0, 0.05) is 38.1 Å².